The van der Waals surface area contributed by atoms with Gasteiger partial charge in [-0.2, -0.15) is 5.26 Å². The van der Waals surface area contributed by atoms with E-state index in [1.807, 2.05) is 11.4 Å². The van der Waals surface area contributed by atoms with Crippen molar-refractivity contribution in [3.05, 3.63) is 22.7 Å². The van der Waals surface area contributed by atoms with Crippen molar-refractivity contribution >= 4 is 33.9 Å². The lowest BCUT2D eigenvalue weighted by molar-refractivity contribution is 0.0456. The molecule has 0 aromatic carbocycles. The number of thiazole rings is 1. The first kappa shape index (κ1) is 26.1. The second-order valence-corrected chi connectivity index (χ2v) is 10.9. The van der Waals surface area contributed by atoms with E-state index in [0.717, 1.165) is 67.3 Å². The molecule has 1 unspecified atom stereocenters. The molecule has 1 aliphatic heterocycles. The molecule has 10 heteroatoms. The van der Waals surface area contributed by atoms with Crippen LogP contribution in [0.15, 0.2) is 17.6 Å². The normalized spacial score (nSPS) is 22.8. The molecule has 3 N–H and O–H groups in total. The monoisotopic (exact) mass is 518 g/mol. The van der Waals surface area contributed by atoms with Gasteiger partial charge in [-0.3, -0.25) is 0 Å². The Morgan fingerprint density at radius 3 is 2.74 bits per heavy atom. The number of nitrogens with zero attached hydrogens (tertiary/aromatic N) is 3. The quantitative estimate of drug-likeness (QED) is 0.406. The van der Waals surface area contributed by atoms with Crippen LogP contribution in [0.4, 0.5) is 10.9 Å². The first-order valence-corrected chi connectivity index (χ1v) is 13.6. The first-order valence-electron chi connectivity index (χ1n) is 12.4. The van der Waals surface area contributed by atoms with Crippen LogP contribution in [0, 0.1) is 16.7 Å². The maximum atomic E-state index is 9.68. The Morgan fingerprint density at radius 1 is 1.29 bits per heavy atom. The van der Waals surface area contributed by atoms with E-state index in [4.69, 9.17) is 26.1 Å². The van der Waals surface area contributed by atoms with Gasteiger partial charge in [0.1, 0.15) is 5.82 Å². The number of hydrogen-bond acceptors (Lipinski definition) is 9. The van der Waals surface area contributed by atoms with E-state index in [-0.39, 0.29) is 0 Å². The van der Waals surface area contributed by atoms with Gasteiger partial charge in [-0.15, -0.1) is 11.3 Å². The Bertz CT molecular complexity index is 998. The summed E-state index contributed by atoms with van der Waals surface area (Å²) in [5, 5.41) is 23.7. The van der Waals surface area contributed by atoms with Crippen molar-refractivity contribution in [3.63, 3.8) is 0 Å². The molecule has 1 atom stereocenters. The fourth-order valence-corrected chi connectivity index (χ4v) is 5.75. The van der Waals surface area contributed by atoms with E-state index in [0.29, 0.717) is 42.9 Å². The van der Waals surface area contributed by atoms with Crippen LogP contribution in [0.2, 0.25) is 5.02 Å². The van der Waals surface area contributed by atoms with Crippen LogP contribution in [-0.4, -0.2) is 61.6 Å². The van der Waals surface area contributed by atoms with Gasteiger partial charge >= 0.3 is 0 Å². The SMILES string of the molecule is COCC(C)NC1CCC(Nc2cc(-c3csc(NCC4(C#N)CCOCC4)n3)c(Cl)cn2)CC1. The second kappa shape index (κ2) is 12.3. The summed E-state index contributed by atoms with van der Waals surface area (Å²) in [7, 11) is 1.74. The van der Waals surface area contributed by atoms with Crippen molar-refractivity contribution in [2.24, 2.45) is 5.41 Å². The Labute approximate surface area is 216 Å². The van der Waals surface area contributed by atoms with E-state index >= 15 is 0 Å². The molecule has 2 aromatic heterocycles. The minimum Gasteiger partial charge on any atom is -0.383 e. The van der Waals surface area contributed by atoms with Crippen LogP contribution in [0.5, 0.6) is 0 Å². The molecule has 1 saturated heterocycles. The first-order chi connectivity index (χ1) is 17.0. The highest BCUT2D eigenvalue weighted by Crippen LogP contribution is 2.34. The van der Waals surface area contributed by atoms with Gasteiger partial charge in [0.25, 0.3) is 0 Å². The molecule has 4 rings (SSSR count). The van der Waals surface area contributed by atoms with E-state index in [9.17, 15) is 5.26 Å². The molecule has 3 heterocycles. The summed E-state index contributed by atoms with van der Waals surface area (Å²) in [4.78, 5) is 9.25. The summed E-state index contributed by atoms with van der Waals surface area (Å²) in [5.41, 5.74) is 1.27. The Hall–Kier alpha value is -1.96. The molecule has 1 aliphatic carbocycles. The van der Waals surface area contributed by atoms with Crippen molar-refractivity contribution < 1.29 is 9.47 Å². The number of ether oxygens (including phenoxy) is 2. The van der Waals surface area contributed by atoms with Crippen molar-refractivity contribution in [1.82, 2.24) is 15.3 Å². The standard InChI is InChI=1S/C25H35ClN6O2S/c1-17(13-33-2)30-18-3-5-19(6-4-18)31-23-11-20(21(26)12-28-23)22-14-35-24(32-22)29-16-25(15-27)7-9-34-10-8-25/h11-12,14,17-19,30H,3-10,13,16H2,1-2H3,(H,28,31)(H,29,32). The highest BCUT2D eigenvalue weighted by atomic mass is 35.5. The van der Waals surface area contributed by atoms with E-state index in [1.54, 1.807) is 13.3 Å². The molecule has 2 aliphatic rings. The predicted octanol–water partition coefficient (Wildman–Crippen LogP) is 4.94. The molecule has 2 aromatic rings. The molecule has 0 bridgehead atoms. The van der Waals surface area contributed by atoms with Crippen molar-refractivity contribution in [1.29, 1.82) is 5.26 Å². The zero-order valence-electron chi connectivity index (χ0n) is 20.5. The number of anilines is 2. The van der Waals surface area contributed by atoms with Crippen molar-refractivity contribution in [2.75, 3.05) is 44.1 Å². The fraction of sp³-hybridized carbons (Fsp3) is 0.640. The number of halogens is 1. The summed E-state index contributed by atoms with van der Waals surface area (Å²) in [6.45, 7) is 4.73. The molecule has 0 radical (unpaired) electrons. The van der Waals surface area contributed by atoms with Gasteiger partial charge in [0.05, 0.1) is 28.8 Å². The molecule has 8 nitrogen and oxygen atoms in total. The van der Waals surface area contributed by atoms with Crippen LogP contribution in [0.25, 0.3) is 11.3 Å². The maximum Gasteiger partial charge on any atom is 0.183 e. The lowest BCUT2D eigenvalue weighted by Crippen LogP contribution is -2.42. The Morgan fingerprint density at radius 2 is 2.03 bits per heavy atom. The van der Waals surface area contributed by atoms with E-state index in [1.165, 1.54) is 11.3 Å². The fourth-order valence-electron chi connectivity index (χ4n) is 4.84. The van der Waals surface area contributed by atoms with Gasteiger partial charge < -0.3 is 25.4 Å². The van der Waals surface area contributed by atoms with Crippen LogP contribution in [-0.2, 0) is 9.47 Å². The van der Waals surface area contributed by atoms with Crippen LogP contribution < -0.4 is 16.0 Å². The van der Waals surface area contributed by atoms with Crippen LogP contribution >= 0.6 is 22.9 Å². The highest BCUT2D eigenvalue weighted by molar-refractivity contribution is 7.14. The topological polar surface area (TPSA) is 104 Å². The van der Waals surface area contributed by atoms with E-state index < -0.39 is 5.41 Å². The van der Waals surface area contributed by atoms with Crippen LogP contribution in [0.3, 0.4) is 0 Å². The molecular formula is C25H35ClN6O2S. The minimum atomic E-state index is -0.397. The third-order valence-electron chi connectivity index (χ3n) is 6.92. The molecule has 1 saturated carbocycles. The predicted molar refractivity (Wildman–Crippen MR) is 141 cm³/mol. The van der Waals surface area contributed by atoms with Crippen LogP contribution in [0.1, 0.15) is 45.4 Å². The van der Waals surface area contributed by atoms with Crippen molar-refractivity contribution in [2.45, 2.75) is 63.6 Å². The van der Waals surface area contributed by atoms with Gasteiger partial charge in [0, 0.05) is 62.1 Å². The Balaban J connectivity index is 1.33. The number of methoxy groups -OCH3 is 1. The lowest BCUT2D eigenvalue weighted by atomic mass is 9.82. The van der Waals surface area contributed by atoms with Crippen molar-refractivity contribution in [3.8, 4) is 17.3 Å². The zero-order valence-corrected chi connectivity index (χ0v) is 22.1. The van der Waals surface area contributed by atoms with Gasteiger partial charge in [-0.05, 0) is 51.5 Å². The summed E-state index contributed by atoms with van der Waals surface area (Å²) in [5.74, 6) is 0.821. The van der Waals surface area contributed by atoms with Gasteiger partial charge in [0.2, 0.25) is 0 Å². The lowest BCUT2D eigenvalue weighted by Gasteiger charge is -2.31. The average molecular weight is 519 g/mol. The molecule has 0 amide bonds. The average Bonchev–Trinajstić information content (AvgIpc) is 3.35. The summed E-state index contributed by atoms with van der Waals surface area (Å²) >= 11 is 8.02. The molecule has 35 heavy (non-hydrogen) atoms. The number of rotatable bonds is 10. The molecule has 2 fully saturated rings. The highest BCUT2D eigenvalue weighted by Gasteiger charge is 2.32. The zero-order chi connectivity index (χ0) is 24.7. The van der Waals surface area contributed by atoms with Gasteiger partial charge in [0.15, 0.2) is 5.13 Å². The minimum absolute atomic E-state index is 0.370. The summed E-state index contributed by atoms with van der Waals surface area (Å²) in [6, 6.07) is 5.77. The molecule has 190 valence electrons. The summed E-state index contributed by atoms with van der Waals surface area (Å²) < 4.78 is 10.7. The number of nitriles is 1. The molecular weight excluding hydrogens is 484 g/mol. The Kier molecular flexibility index (Phi) is 9.20. The van der Waals surface area contributed by atoms with Gasteiger partial charge in [-0.25, -0.2) is 9.97 Å². The maximum absolute atomic E-state index is 9.68. The smallest absolute Gasteiger partial charge is 0.183 e. The molecule has 0 spiro atoms. The third kappa shape index (κ3) is 7.05. The summed E-state index contributed by atoms with van der Waals surface area (Å²) in [6.07, 6.45) is 7.61. The second-order valence-electron chi connectivity index (χ2n) is 9.66. The third-order valence-corrected chi connectivity index (χ3v) is 8.02. The largest absolute Gasteiger partial charge is 0.383 e. The number of aromatic nitrogens is 2. The van der Waals surface area contributed by atoms with E-state index in [2.05, 4.69) is 33.9 Å². The number of nitrogens with one attached hydrogen (secondary N) is 3. The number of hydrogen-bond donors (Lipinski definition) is 3. The van der Waals surface area contributed by atoms with Gasteiger partial charge in [-0.1, -0.05) is 11.6 Å². The number of pyridine rings is 1.